The van der Waals surface area contributed by atoms with E-state index in [1.807, 2.05) is 78.9 Å². The second kappa shape index (κ2) is 12.5. The largest absolute Gasteiger partial charge is 0.497 e. The van der Waals surface area contributed by atoms with Crippen LogP contribution in [-0.4, -0.2) is 20.3 Å². The smallest absolute Gasteiger partial charge is 0.144 e. The molecule has 0 atom stereocenters. The lowest BCUT2D eigenvalue weighted by Gasteiger charge is -2.36. The number of hydrogen-bond acceptors (Lipinski definition) is 4. The summed E-state index contributed by atoms with van der Waals surface area (Å²) in [5.41, 5.74) is 3.66. The van der Waals surface area contributed by atoms with Crippen molar-refractivity contribution in [1.82, 2.24) is 0 Å². The normalized spacial score (nSPS) is 11.6. The van der Waals surface area contributed by atoms with Gasteiger partial charge in [-0.15, -0.1) is 0 Å². The average molecular weight is 476 g/mol. The van der Waals surface area contributed by atoms with E-state index in [2.05, 4.69) is 42.5 Å². The lowest BCUT2D eigenvalue weighted by Crippen LogP contribution is -2.33. The van der Waals surface area contributed by atoms with Gasteiger partial charge in [0.2, 0.25) is 0 Å². The molecule has 4 heteroatoms. The molecule has 36 heavy (non-hydrogen) atoms. The van der Waals surface area contributed by atoms with E-state index in [-0.39, 0.29) is 6.61 Å². The van der Waals surface area contributed by atoms with Crippen LogP contribution in [0.5, 0.6) is 5.75 Å². The highest BCUT2D eigenvalue weighted by molar-refractivity contribution is 5.47. The number of hydrogen-bond donors (Lipinski definition) is 0. The van der Waals surface area contributed by atoms with Gasteiger partial charge in [-0.05, 0) is 40.5 Å². The maximum atomic E-state index is 9.84. The molecule has 0 N–H and O–H groups in total. The first-order valence-corrected chi connectivity index (χ1v) is 11.9. The topological polar surface area (TPSA) is 51.5 Å². The van der Waals surface area contributed by atoms with Crippen LogP contribution in [0.25, 0.3) is 0 Å². The number of nitrogens with zero attached hydrogens (tertiary/aromatic N) is 1. The number of nitriles is 1. The summed E-state index contributed by atoms with van der Waals surface area (Å²) in [6.07, 6.45) is 1.79. The lowest BCUT2D eigenvalue weighted by atomic mass is 9.80. The van der Waals surface area contributed by atoms with E-state index in [9.17, 15) is 5.26 Å². The summed E-state index contributed by atoms with van der Waals surface area (Å²) in [4.78, 5) is 0. The van der Waals surface area contributed by atoms with E-state index < -0.39 is 5.60 Å². The van der Waals surface area contributed by atoms with Crippen LogP contribution in [0, 0.1) is 11.3 Å². The molecule has 180 valence electrons. The number of benzene rings is 4. The van der Waals surface area contributed by atoms with Crippen molar-refractivity contribution in [2.45, 2.75) is 12.2 Å². The Hall–Kier alpha value is -4.17. The standard InChI is InChI=1S/C32H29NO3/c1-34-31-19-17-26(18-20-31)24-35-22-21-27(23-33)25-36-32(28-11-5-2-6-12-28,29-13-7-3-8-14-29)30-15-9-4-10-16-30/h2-21H,22,24-25H2,1H3/b27-21+. The molecule has 4 rings (SSSR count). The average Bonchev–Trinajstić information content (AvgIpc) is 2.96. The zero-order chi connectivity index (χ0) is 25.1. The zero-order valence-corrected chi connectivity index (χ0v) is 20.3. The maximum absolute atomic E-state index is 9.84. The quantitative estimate of drug-likeness (QED) is 0.138. The second-order valence-corrected chi connectivity index (χ2v) is 8.27. The van der Waals surface area contributed by atoms with Crippen LogP contribution in [0.4, 0.5) is 0 Å². The molecule has 0 heterocycles. The first-order chi connectivity index (χ1) is 17.8. The fourth-order valence-corrected chi connectivity index (χ4v) is 4.15. The Kier molecular flexibility index (Phi) is 8.67. The molecular weight excluding hydrogens is 446 g/mol. The van der Waals surface area contributed by atoms with Gasteiger partial charge in [0.05, 0.1) is 38.6 Å². The van der Waals surface area contributed by atoms with Gasteiger partial charge in [-0.1, -0.05) is 103 Å². The monoisotopic (exact) mass is 475 g/mol. The minimum absolute atomic E-state index is 0.140. The highest BCUT2D eigenvalue weighted by Crippen LogP contribution is 2.40. The van der Waals surface area contributed by atoms with Gasteiger partial charge in [0.1, 0.15) is 11.4 Å². The molecule has 0 spiro atoms. The molecule has 0 aromatic heterocycles. The molecular formula is C32H29NO3. The van der Waals surface area contributed by atoms with Crippen LogP contribution in [0.15, 0.2) is 127 Å². The molecule has 0 fully saturated rings. The third-order valence-electron chi connectivity index (χ3n) is 6.00. The van der Waals surface area contributed by atoms with Crippen molar-refractivity contribution in [3.8, 4) is 11.8 Å². The molecule has 0 bridgehead atoms. The van der Waals surface area contributed by atoms with Crippen LogP contribution in [0.2, 0.25) is 0 Å². The second-order valence-electron chi connectivity index (χ2n) is 8.27. The molecule has 0 amide bonds. The molecule has 4 aromatic rings. The summed E-state index contributed by atoms with van der Waals surface area (Å²) in [7, 11) is 1.64. The predicted molar refractivity (Wildman–Crippen MR) is 142 cm³/mol. The third kappa shape index (κ3) is 5.90. The number of rotatable bonds is 11. The van der Waals surface area contributed by atoms with Crippen molar-refractivity contribution in [2.75, 3.05) is 20.3 Å². The summed E-state index contributed by atoms with van der Waals surface area (Å²) in [5, 5.41) is 9.84. The van der Waals surface area contributed by atoms with Crippen molar-refractivity contribution >= 4 is 0 Å². The molecule has 4 aromatic carbocycles. The van der Waals surface area contributed by atoms with Crippen molar-refractivity contribution in [1.29, 1.82) is 5.26 Å². The summed E-state index contributed by atoms with van der Waals surface area (Å²) < 4.78 is 17.7. The van der Waals surface area contributed by atoms with Gasteiger partial charge in [0, 0.05) is 0 Å². The van der Waals surface area contributed by atoms with Crippen molar-refractivity contribution < 1.29 is 14.2 Å². The third-order valence-corrected chi connectivity index (χ3v) is 6.00. The van der Waals surface area contributed by atoms with E-state index in [0.717, 1.165) is 28.0 Å². The Morgan fingerprint density at radius 3 is 1.69 bits per heavy atom. The summed E-state index contributed by atoms with van der Waals surface area (Å²) in [5.74, 6) is 0.807. The van der Waals surface area contributed by atoms with Crippen LogP contribution in [-0.2, 0) is 21.7 Å². The molecule has 0 aliphatic heterocycles. The highest BCUT2D eigenvalue weighted by atomic mass is 16.5. The zero-order valence-electron chi connectivity index (χ0n) is 20.3. The molecule has 0 saturated carbocycles. The molecule has 0 aliphatic rings. The Bertz CT molecular complexity index is 1180. The van der Waals surface area contributed by atoms with E-state index in [4.69, 9.17) is 14.2 Å². The first kappa shape index (κ1) is 24.9. The molecule has 0 radical (unpaired) electrons. The summed E-state index contributed by atoms with van der Waals surface area (Å²) >= 11 is 0. The fourth-order valence-electron chi connectivity index (χ4n) is 4.15. The van der Waals surface area contributed by atoms with Gasteiger partial charge in [-0.2, -0.15) is 5.26 Å². The van der Waals surface area contributed by atoms with E-state index in [1.165, 1.54) is 0 Å². The molecule has 0 saturated heterocycles. The van der Waals surface area contributed by atoms with Crippen LogP contribution in [0.3, 0.4) is 0 Å². The molecule has 0 unspecified atom stereocenters. The van der Waals surface area contributed by atoms with E-state index >= 15 is 0 Å². The van der Waals surface area contributed by atoms with Crippen molar-refractivity contribution in [3.63, 3.8) is 0 Å². The summed E-state index contributed by atoms with van der Waals surface area (Å²) in [6, 6.07) is 40.4. The van der Waals surface area contributed by atoms with Gasteiger partial charge in [-0.25, -0.2) is 0 Å². The number of methoxy groups -OCH3 is 1. The van der Waals surface area contributed by atoms with Gasteiger partial charge >= 0.3 is 0 Å². The Morgan fingerprint density at radius 1 is 0.750 bits per heavy atom. The molecule has 0 aliphatic carbocycles. The maximum Gasteiger partial charge on any atom is 0.144 e. The Labute approximate surface area is 213 Å². The SMILES string of the molecule is COc1ccc(COC/C=C(\C#N)COC(c2ccccc2)(c2ccccc2)c2ccccc2)cc1. The minimum Gasteiger partial charge on any atom is -0.497 e. The van der Waals surface area contributed by atoms with E-state index in [0.29, 0.717) is 18.8 Å². The minimum atomic E-state index is -0.871. The fraction of sp³-hybridized carbons (Fsp3) is 0.156. The Balaban J connectivity index is 1.56. The van der Waals surface area contributed by atoms with E-state index in [1.54, 1.807) is 13.2 Å². The van der Waals surface area contributed by atoms with Gasteiger partial charge in [0.25, 0.3) is 0 Å². The van der Waals surface area contributed by atoms with Crippen LogP contribution >= 0.6 is 0 Å². The van der Waals surface area contributed by atoms with Gasteiger partial charge in [0.15, 0.2) is 0 Å². The number of ether oxygens (including phenoxy) is 3. The van der Waals surface area contributed by atoms with Crippen molar-refractivity contribution in [2.24, 2.45) is 0 Å². The van der Waals surface area contributed by atoms with Crippen LogP contribution < -0.4 is 4.74 Å². The summed E-state index contributed by atoms with van der Waals surface area (Å²) in [6.45, 7) is 0.899. The Morgan fingerprint density at radius 2 is 1.25 bits per heavy atom. The predicted octanol–water partition coefficient (Wildman–Crippen LogP) is 6.67. The lowest BCUT2D eigenvalue weighted by molar-refractivity contribution is 0.0289. The first-order valence-electron chi connectivity index (χ1n) is 11.9. The highest BCUT2D eigenvalue weighted by Gasteiger charge is 2.37. The van der Waals surface area contributed by atoms with Gasteiger partial charge in [-0.3, -0.25) is 0 Å². The van der Waals surface area contributed by atoms with Crippen molar-refractivity contribution in [3.05, 3.63) is 149 Å². The molecule has 4 nitrogen and oxygen atoms in total. The van der Waals surface area contributed by atoms with Gasteiger partial charge < -0.3 is 14.2 Å². The van der Waals surface area contributed by atoms with Crippen LogP contribution in [0.1, 0.15) is 22.3 Å².